The second-order valence-corrected chi connectivity index (χ2v) is 8.23. The van der Waals surface area contributed by atoms with Gasteiger partial charge in [-0.15, -0.1) is 0 Å². The van der Waals surface area contributed by atoms with E-state index in [-0.39, 0.29) is 5.60 Å². The van der Waals surface area contributed by atoms with E-state index in [2.05, 4.69) is 0 Å². The summed E-state index contributed by atoms with van der Waals surface area (Å²) < 4.78 is 22.9. The Morgan fingerprint density at radius 3 is 2.16 bits per heavy atom. The minimum Gasteiger partial charge on any atom is -0.302 e. The fraction of sp³-hybridized carbons (Fsp3) is 1.00. The average Bonchev–Trinajstić information content (AvgIpc) is 2.25. The van der Waals surface area contributed by atoms with Crippen molar-refractivity contribution in [2.24, 2.45) is 17.8 Å². The maximum atomic E-state index is 12.1. The molecule has 4 aliphatic rings. The third-order valence-corrected chi connectivity index (χ3v) is 6.17. The average molecular weight is 288 g/mol. The second-order valence-electron chi connectivity index (χ2n) is 6.85. The van der Waals surface area contributed by atoms with Crippen LogP contribution in [-0.2, 0) is 13.6 Å². The van der Waals surface area contributed by atoms with E-state index in [0.717, 1.165) is 32.1 Å². The maximum Gasteiger partial charge on any atom is 0.472 e. The van der Waals surface area contributed by atoms with Gasteiger partial charge in [-0.2, -0.15) is 0 Å². The lowest BCUT2D eigenvalue weighted by molar-refractivity contribution is -0.119. The van der Waals surface area contributed by atoms with Gasteiger partial charge >= 0.3 is 7.82 Å². The quantitative estimate of drug-likeness (QED) is 0.595. The van der Waals surface area contributed by atoms with E-state index in [1.165, 1.54) is 19.3 Å². The molecule has 0 saturated heterocycles. The van der Waals surface area contributed by atoms with Gasteiger partial charge in [0.2, 0.25) is 0 Å². The number of hydrogen-bond acceptors (Lipinski definition) is 3. The normalized spacial score (nSPS) is 43.4. The molecule has 5 heteroatoms. The summed E-state index contributed by atoms with van der Waals surface area (Å²) >= 11 is 0. The van der Waals surface area contributed by atoms with Gasteiger partial charge < -0.3 is 4.89 Å². The van der Waals surface area contributed by atoms with E-state index in [4.69, 9.17) is 9.05 Å². The van der Waals surface area contributed by atoms with E-state index in [9.17, 15) is 9.46 Å². The van der Waals surface area contributed by atoms with E-state index in [1.807, 2.05) is 6.92 Å². The van der Waals surface area contributed by atoms with Crippen LogP contribution in [0.25, 0.3) is 0 Å². The van der Waals surface area contributed by atoms with E-state index in [1.54, 1.807) is 0 Å². The molecule has 0 amide bonds. The van der Waals surface area contributed by atoms with Crippen molar-refractivity contribution in [1.82, 2.24) is 0 Å². The summed E-state index contributed by atoms with van der Waals surface area (Å²) in [6.07, 6.45) is 8.54. The SMILES string of the molecule is CCCCOP(=O)(O)OC12CC3CC(CC(C3)C1)C2. The minimum atomic E-state index is -3.87. The summed E-state index contributed by atoms with van der Waals surface area (Å²) in [5.74, 6) is 2.13. The lowest BCUT2D eigenvalue weighted by atomic mass is 9.54. The van der Waals surface area contributed by atoms with Crippen LogP contribution in [0.4, 0.5) is 0 Å². The Kier molecular flexibility index (Phi) is 3.81. The second kappa shape index (κ2) is 5.14. The highest BCUT2D eigenvalue weighted by Crippen LogP contribution is 2.62. The highest BCUT2D eigenvalue weighted by Gasteiger charge is 2.54. The Bertz CT molecular complexity index is 346. The van der Waals surface area contributed by atoms with E-state index >= 15 is 0 Å². The van der Waals surface area contributed by atoms with E-state index < -0.39 is 7.82 Å². The number of rotatable bonds is 6. The van der Waals surface area contributed by atoms with Crippen LogP contribution in [0.1, 0.15) is 58.3 Å². The fourth-order valence-corrected chi connectivity index (χ4v) is 5.86. The van der Waals surface area contributed by atoms with Crippen molar-refractivity contribution in [1.29, 1.82) is 0 Å². The van der Waals surface area contributed by atoms with Crippen molar-refractivity contribution < 1.29 is 18.5 Å². The molecule has 4 rings (SSSR count). The van der Waals surface area contributed by atoms with Gasteiger partial charge in [-0.05, 0) is 62.7 Å². The van der Waals surface area contributed by atoms with Crippen LogP contribution >= 0.6 is 7.82 Å². The summed E-state index contributed by atoms with van der Waals surface area (Å²) in [4.78, 5) is 9.91. The predicted molar refractivity (Wildman–Crippen MR) is 72.7 cm³/mol. The van der Waals surface area contributed by atoms with E-state index in [0.29, 0.717) is 24.4 Å². The third-order valence-electron chi connectivity index (χ3n) is 5.04. The molecule has 4 bridgehead atoms. The predicted octanol–water partition coefficient (Wildman–Crippen LogP) is 3.89. The highest BCUT2D eigenvalue weighted by molar-refractivity contribution is 7.47. The summed E-state index contributed by atoms with van der Waals surface area (Å²) in [6.45, 7) is 2.35. The lowest BCUT2D eigenvalue weighted by Crippen LogP contribution is -2.51. The smallest absolute Gasteiger partial charge is 0.302 e. The Morgan fingerprint density at radius 2 is 1.68 bits per heavy atom. The van der Waals surface area contributed by atoms with Gasteiger partial charge in [0.1, 0.15) is 0 Å². The standard InChI is InChI=1S/C14H25O4P/c1-2-3-4-17-19(15,16)18-14-8-11-5-12(9-14)7-13(6-11)10-14/h11-13H,2-10H2,1H3,(H,15,16). The summed E-state index contributed by atoms with van der Waals surface area (Å²) in [6, 6.07) is 0. The monoisotopic (exact) mass is 288 g/mol. The van der Waals surface area contributed by atoms with Crippen LogP contribution in [0.15, 0.2) is 0 Å². The van der Waals surface area contributed by atoms with Crippen molar-refractivity contribution in [2.75, 3.05) is 6.61 Å². The molecule has 1 unspecified atom stereocenters. The Labute approximate surface area is 115 Å². The maximum absolute atomic E-state index is 12.1. The summed E-state index contributed by atoms with van der Waals surface area (Å²) in [5.41, 5.74) is -0.356. The lowest BCUT2D eigenvalue weighted by Gasteiger charge is -2.56. The Balaban J connectivity index is 1.64. The molecule has 0 spiro atoms. The van der Waals surface area contributed by atoms with Gasteiger partial charge in [-0.3, -0.25) is 9.05 Å². The molecule has 4 nitrogen and oxygen atoms in total. The van der Waals surface area contributed by atoms with Gasteiger partial charge in [-0.25, -0.2) is 4.57 Å². The van der Waals surface area contributed by atoms with Gasteiger partial charge in [-0.1, -0.05) is 13.3 Å². The number of hydrogen-bond donors (Lipinski definition) is 1. The Hall–Kier alpha value is 0.110. The van der Waals surface area contributed by atoms with Crippen molar-refractivity contribution in [2.45, 2.75) is 63.9 Å². The molecule has 110 valence electrons. The van der Waals surface area contributed by atoms with Gasteiger partial charge in [0, 0.05) is 0 Å². The van der Waals surface area contributed by atoms with Crippen molar-refractivity contribution in [3.63, 3.8) is 0 Å². The molecular weight excluding hydrogens is 263 g/mol. The molecule has 0 radical (unpaired) electrons. The molecule has 19 heavy (non-hydrogen) atoms. The zero-order valence-corrected chi connectivity index (χ0v) is 12.6. The molecule has 4 aliphatic carbocycles. The third kappa shape index (κ3) is 3.07. The first kappa shape index (κ1) is 14.1. The summed E-state index contributed by atoms with van der Waals surface area (Å²) in [5, 5.41) is 0. The first-order chi connectivity index (χ1) is 9.00. The molecule has 4 fully saturated rings. The van der Waals surface area contributed by atoms with Gasteiger partial charge in [0.25, 0.3) is 0 Å². The van der Waals surface area contributed by atoms with Crippen molar-refractivity contribution in [3.05, 3.63) is 0 Å². The zero-order valence-electron chi connectivity index (χ0n) is 11.7. The van der Waals surface area contributed by atoms with Crippen LogP contribution in [0.2, 0.25) is 0 Å². The summed E-state index contributed by atoms with van der Waals surface area (Å²) in [7, 11) is -3.87. The van der Waals surface area contributed by atoms with Crippen LogP contribution in [-0.4, -0.2) is 17.1 Å². The largest absolute Gasteiger partial charge is 0.472 e. The van der Waals surface area contributed by atoms with Crippen LogP contribution in [0, 0.1) is 17.8 Å². The number of phosphoric acid groups is 1. The van der Waals surface area contributed by atoms with Crippen molar-refractivity contribution >= 4 is 7.82 Å². The van der Waals surface area contributed by atoms with Crippen LogP contribution in [0.5, 0.6) is 0 Å². The van der Waals surface area contributed by atoms with Crippen molar-refractivity contribution in [3.8, 4) is 0 Å². The van der Waals surface area contributed by atoms with Crippen LogP contribution < -0.4 is 0 Å². The van der Waals surface area contributed by atoms with Gasteiger partial charge in [0.15, 0.2) is 0 Å². The molecule has 0 aromatic rings. The molecule has 0 heterocycles. The van der Waals surface area contributed by atoms with Crippen LogP contribution in [0.3, 0.4) is 0 Å². The first-order valence-electron chi connectivity index (χ1n) is 7.68. The molecule has 0 aromatic heterocycles. The molecule has 0 aliphatic heterocycles. The Morgan fingerprint density at radius 1 is 1.16 bits per heavy atom. The first-order valence-corrected chi connectivity index (χ1v) is 9.18. The van der Waals surface area contributed by atoms with Gasteiger partial charge in [0.05, 0.1) is 12.2 Å². The highest BCUT2D eigenvalue weighted by atomic mass is 31.2. The molecule has 4 saturated carbocycles. The minimum absolute atomic E-state index is 0.316. The molecular formula is C14H25O4P. The zero-order chi connectivity index (χ0) is 13.5. The molecule has 1 atom stereocenters. The molecule has 1 N–H and O–H groups in total. The topological polar surface area (TPSA) is 55.8 Å². The number of unbranched alkanes of at least 4 members (excludes halogenated alkanes) is 1. The number of phosphoric ester groups is 1. The fourth-order valence-electron chi connectivity index (χ4n) is 4.74. The molecule has 0 aromatic carbocycles.